The lowest BCUT2D eigenvalue weighted by atomic mass is 9.81. The van der Waals surface area contributed by atoms with E-state index >= 15 is 0 Å². The Morgan fingerprint density at radius 2 is 2.11 bits per heavy atom. The number of nitrogens with one attached hydrogen (secondary N) is 1. The van der Waals surface area contributed by atoms with Gasteiger partial charge in [0, 0.05) is 29.7 Å². The van der Waals surface area contributed by atoms with Crippen LogP contribution in [0.5, 0.6) is 0 Å². The number of hydrogen-bond donors (Lipinski definition) is 1. The predicted octanol–water partition coefficient (Wildman–Crippen LogP) is 3.91. The van der Waals surface area contributed by atoms with Crippen molar-refractivity contribution in [1.29, 1.82) is 0 Å². The zero-order chi connectivity index (χ0) is 13.2. The normalized spacial score (nSPS) is 23.9. The average molecular weight is 256 g/mol. The van der Waals surface area contributed by atoms with Crippen LogP contribution in [0.2, 0.25) is 0 Å². The first-order valence-corrected chi connectivity index (χ1v) is 7.58. The van der Waals surface area contributed by atoms with Crippen molar-refractivity contribution in [1.82, 2.24) is 9.88 Å². The summed E-state index contributed by atoms with van der Waals surface area (Å²) in [5, 5.41) is 4.93. The largest absolute Gasteiger partial charge is 0.347 e. The minimum absolute atomic E-state index is 0.697. The first-order valence-electron chi connectivity index (χ1n) is 7.58. The monoisotopic (exact) mass is 256 g/mol. The van der Waals surface area contributed by atoms with E-state index in [0.717, 1.165) is 12.5 Å². The molecule has 1 heterocycles. The molecule has 2 nitrogen and oxygen atoms in total. The Kier molecular flexibility index (Phi) is 3.61. The van der Waals surface area contributed by atoms with Crippen molar-refractivity contribution in [2.45, 2.75) is 51.1 Å². The van der Waals surface area contributed by atoms with E-state index in [1.165, 1.54) is 36.6 Å². The summed E-state index contributed by atoms with van der Waals surface area (Å²) in [6, 6.07) is 9.56. The average Bonchev–Trinajstić information content (AvgIpc) is 2.86. The van der Waals surface area contributed by atoms with E-state index in [1.807, 2.05) is 0 Å². The van der Waals surface area contributed by atoms with E-state index < -0.39 is 0 Å². The zero-order valence-corrected chi connectivity index (χ0v) is 12.0. The molecule has 1 N–H and O–H groups in total. The molecule has 0 radical (unpaired) electrons. The molecule has 3 rings (SSSR count). The van der Waals surface area contributed by atoms with Crippen LogP contribution >= 0.6 is 0 Å². The van der Waals surface area contributed by atoms with Gasteiger partial charge in [-0.3, -0.25) is 0 Å². The molecule has 2 aromatic rings. The molecule has 1 fully saturated rings. The van der Waals surface area contributed by atoms with Crippen molar-refractivity contribution < 1.29 is 0 Å². The Bertz CT molecular complexity index is 555. The molecule has 1 aliphatic rings. The second-order valence-electron chi connectivity index (χ2n) is 5.74. The highest BCUT2D eigenvalue weighted by molar-refractivity contribution is 5.84. The molecule has 0 spiro atoms. The quantitative estimate of drug-likeness (QED) is 0.881. The molecule has 0 aliphatic heterocycles. The second kappa shape index (κ2) is 5.38. The van der Waals surface area contributed by atoms with Gasteiger partial charge in [0.25, 0.3) is 0 Å². The maximum Gasteiger partial charge on any atom is 0.0483 e. The highest BCUT2D eigenvalue weighted by Gasteiger charge is 2.24. The first kappa shape index (κ1) is 12.7. The Labute approximate surface area is 115 Å². The minimum Gasteiger partial charge on any atom is -0.347 e. The molecule has 1 saturated carbocycles. The minimum atomic E-state index is 0.697. The Hall–Kier alpha value is -1.28. The summed E-state index contributed by atoms with van der Waals surface area (Å²) < 4.78 is 2.40. The van der Waals surface area contributed by atoms with Gasteiger partial charge in [0.05, 0.1) is 0 Å². The molecule has 2 atom stereocenters. The Morgan fingerprint density at radius 1 is 1.26 bits per heavy atom. The van der Waals surface area contributed by atoms with Gasteiger partial charge in [-0.2, -0.15) is 0 Å². The van der Waals surface area contributed by atoms with Crippen LogP contribution in [0.25, 0.3) is 10.9 Å². The van der Waals surface area contributed by atoms with Gasteiger partial charge in [-0.1, -0.05) is 24.6 Å². The maximum absolute atomic E-state index is 3.47. The van der Waals surface area contributed by atoms with Crippen LogP contribution in [-0.4, -0.2) is 17.7 Å². The summed E-state index contributed by atoms with van der Waals surface area (Å²) >= 11 is 0. The Balaban J connectivity index is 2.00. The number of rotatable bonds is 3. The van der Waals surface area contributed by atoms with E-state index in [-0.39, 0.29) is 0 Å². The van der Waals surface area contributed by atoms with Crippen molar-refractivity contribution in [3.05, 3.63) is 36.0 Å². The third kappa shape index (κ3) is 2.30. The summed E-state index contributed by atoms with van der Waals surface area (Å²) in [6.45, 7) is 3.29. The zero-order valence-electron chi connectivity index (χ0n) is 12.0. The summed E-state index contributed by atoms with van der Waals surface area (Å²) in [5.74, 6) is 0.726. The lowest BCUT2D eigenvalue weighted by Crippen LogP contribution is -2.30. The number of benzene rings is 1. The fourth-order valence-electron chi connectivity index (χ4n) is 3.60. The van der Waals surface area contributed by atoms with Crippen molar-refractivity contribution in [2.75, 3.05) is 7.05 Å². The van der Waals surface area contributed by atoms with E-state index in [9.17, 15) is 0 Å². The van der Waals surface area contributed by atoms with E-state index in [4.69, 9.17) is 0 Å². The van der Waals surface area contributed by atoms with Gasteiger partial charge in [-0.05, 0) is 50.8 Å². The molecule has 0 amide bonds. The third-order valence-electron chi connectivity index (χ3n) is 4.68. The van der Waals surface area contributed by atoms with E-state index in [1.54, 1.807) is 5.56 Å². The van der Waals surface area contributed by atoms with Crippen molar-refractivity contribution >= 4 is 10.9 Å². The molecule has 2 heteroatoms. The molecule has 2 unspecified atom stereocenters. The first-order chi connectivity index (χ1) is 9.33. The number of aryl methyl sites for hydroxylation is 1. The van der Waals surface area contributed by atoms with E-state index in [0.29, 0.717) is 6.04 Å². The van der Waals surface area contributed by atoms with E-state index in [2.05, 4.69) is 54.3 Å². The fourth-order valence-corrected chi connectivity index (χ4v) is 3.60. The second-order valence-corrected chi connectivity index (χ2v) is 5.74. The molecule has 0 saturated heterocycles. The maximum atomic E-state index is 3.47. The molecule has 102 valence electrons. The van der Waals surface area contributed by atoms with Crippen LogP contribution < -0.4 is 5.32 Å². The molecular weight excluding hydrogens is 232 g/mol. The summed E-state index contributed by atoms with van der Waals surface area (Å²) in [4.78, 5) is 0. The molecule has 1 aliphatic carbocycles. The highest BCUT2D eigenvalue weighted by atomic mass is 14.9. The number of fused-ring (bicyclic) bond motifs is 1. The number of para-hydroxylation sites is 1. The molecular formula is C17H24N2. The number of hydrogen-bond acceptors (Lipinski definition) is 1. The summed E-state index contributed by atoms with van der Waals surface area (Å²) in [5.41, 5.74) is 2.96. The lowest BCUT2D eigenvalue weighted by Gasteiger charge is -2.28. The number of nitrogens with zero attached hydrogens (tertiary/aromatic N) is 1. The van der Waals surface area contributed by atoms with Gasteiger partial charge in [-0.25, -0.2) is 0 Å². The molecule has 0 bridgehead atoms. The van der Waals surface area contributed by atoms with Gasteiger partial charge in [0.1, 0.15) is 0 Å². The highest BCUT2D eigenvalue weighted by Crippen LogP contribution is 2.37. The SMILES string of the molecule is CCn1cc(C2CCCC(NC)C2)c2ccccc21. The molecule has 1 aromatic heterocycles. The van der Waals surface area contributed by atoms with Crippen LogP contribution in [-0.2, 0) is 6.54 Å². The standard InChI is InChI=1S/C17H24N2/c1-3-19-12-16(15-9-4-5-10-17(15)19)13-7-6-8-14(11-13)18-2/h4-5,9-10,12-14,18H,3,6-8,11H2,1-2H3. The van der Waals surface area contributed by atoms with Gasteiger partial charge in [0.15, 0.2) is 0 Å². The van der Waals surface area contributed by atoms with Crippen molar-refractivity contribution in [3.8, 4) is 0 Å². The van der Waals surface area contributed by atoms with Crippen molar-refractivity contribution in [2.24, 2.45) is 0 Å². The van der Waals surface area contributed by atoms with Crippen LogP contribution in [0, 0.1) is 0 Å². The fraction of sp³-hybridized carbons (Fsp3) is 0.529. The molecule has 1 aromatic carbocycles. The third-order valence-corrected chi connectivity index (χ3v) is 4.68. The summed E-state index contributed by atoms with van der Waals surface area (Å²) in [6.07, 6.45) is 7.71. The predicted molar refractivity (Wildman–Crippen MR) is 81.7 cm³/mol. The topological polar surface area (TPSA) is 17.0 Å². The van der Waals surface area contributed by atoms with Gasteiger partial charge < -0.3 is 9.88 Å². The van der Waals surface area contributed by atoms with Gasteiger partial charge in [-0.15, -0.1) is 0 Å². The molecule has 19 heavy (non-hydrogen) atoms. The van der Waals surface area contributed by atoms with Crippen molar-refractivity contribution in [3.63, 3.8) is 0 Å². The lowest BCUT2D eigenvalue weighted by molar-refractivity contribution is 0.356. The van der Waals surface area contributed by atoms with Crippen LogP contribution in [0.3, 0.4) is 0 Å². The summed E-state index contributed by atoms with van der Waals surface area (Å²) in [7, 11) is 2.10. The van der Waals surface area contributed by atoms with Gasteiger partial charge >= 0.3 is 0 Å². The van der Waals surface area contributed by atoms with Crippen LogP contribution in [0.15, 0.2) is 30.5 Å². The van der Waals surface area contributed by atoms with Crippen LogP contribution in [0.1, 0.15) is 44.1 Å². The smallest absolute Gasteiger partial charge is 0.0483 e. The Morgan fingerprint density at radius 3 is 2.89 bits per heavy atom. The van der Waals surface area contributed by atoms with Crippen LogP contribution in [0.4, 0.5) is 0 Å². The van der Waals surface area contributed by atoms with Gasteiger partial charge in [0.2, 0.25) is 0 Å². The number of aromatic nitrogens is 1.